The van der Waals surface area contributed by atoms with Crippen LogP contribution in [0.3, 0.4) is 0 Å². The monoisotopic (exact) mass is 247 g/mol. The molecule has 0 aromatic heterocycles. The number of rotatable bonds is 4. The lowest BCUT2D eigenvalue weighted by molar-refractivity contribution is 0.0810. The number of hydrogen-bond acceptors (Lipinski definition) is 2. The lowest BCUT2D eigenvalue weighted by Crippen LogP contribution is -2.28. The molecule has 0 bridgehead atoms. The molecule has 100 valence electrons. The van der Waals surface area contributed by atoms with E-state index in [4.69, 9.17) is 0 Å². The van der Waals surface area contributed by atoms with Crippen LogP contribution in [0.25, 0.3) is 0 Å². The van der Waals surface area contributed by atoms with E-state index in [-0.39, 0.29) is 0 Å². The molecule has 0 atom stereocenters. The van der Waals surface area contributed by atoms with Crippen molar-refractivity contribution in [2.75, 3.05) is 13.1 Å². The number of benzene rings is 1. The van der Waals surface area contributed by atoms with E-state index in [2.05, 4.69) is 29.6 Å². The first-order chi connectivity index (χ1) is 8.53. The van der Waals surface area contributed by atoms with Gasteiger partial charge < -0.3 is 10.4 Å². The maximum atomic E-state index is 9.79. The molecular formula is C16H25NO. The molecule has 1 heterocycles. The second kappa shape index (κ2) is 5.85. The Morgan fingerprint density at radius 2 is 1.67 bits per heavy atom. The Kier molecular flexibility index (Phi) is 4.41. The van der Waals surface area contributed by atoms with Crippen molar-refractivity contribution in [2.24, 2.45) is 5.92 Å². The zero-order valence-corrected chi connectivity index (χ0v) is 11.6. The molecule has 1 fully saturated rings. The van der Waals surface area contributed by atoms with Crippen LogP contribution in [0.15, 0.2) is 24.3 Å². The maximum Gasteiger partial charge on any atom is 0.0631 e. The summed E-state index contributed by atoms with van der Waals surface area (Å²) in [6.45, 7) is 6.05. The summed E-state index contributed by atoms with van der Waals surface area (Å²) in [6, 6.07) is 8.77. The third kappa shape index (κ3) is 4.43. The standard InChI is InChI=1S/C16H25NO/c1-16(2,18)12-15-5-3-13(4-6-15)11-14-7-9-17-10-8-14/h3-6,14,17-18H,7-12H2,1-2H3. The predicted octanol–water partition coefficient (Wildman–Crippen LogP) is 2.54. The molecule has 0 aliphatic carbocycles. The molecule has 1 aliphatic rings. The molecule has 1 aromatic rings. The van der Waals surface area contributed by atoms with E-state index in [0.29, 0.717) is 0 Å². The Hall–Kier alpha value is -0.860. The molecule has 2 heteroatoms. The van der Waals surface area contributed by atoms with Crippen molar-refractivity contribution in [3.05, 3.63) is 35.4 Å². The highest BCUT2D eigenvalue weighted by atomic mass is 16.3. The van der Waals surface area contributed by atoms with Crippen LogP contribution in [0.5, 0.6) is 0 Å². The van der Waals surface area contributed by atoms with Crippen LogP contribution < -0.4 is 5.32 Å². The molecule has 2 nitrogen and oxygen atoms in total. The Balaban J connectivity index is 1.90. The van der Waals surface area contributed by atoms with Crippen LogP contribution in [0.4, 0.5) is 0 Å². The Morgan fingerprint density at radius 3 is 2.22 bits per heavy atom. The van der Waals surface area contributed by atoms with Crippen molar-refractivity contribution in [2.45, 2.75) is 45.1 Å². The van der Waals surface area contributed by atoms with E-state index >= 15 is 0 Å². The summed E-state index contributed by atoms with van der Waals surface area (Å²) in [5, 5.41) is 13.2. The first-order valence-corrected chi connectivity index (χ1v) is 7.04. The van der Waals surface area contributed by atoms with Gasteiger partial charge in [-0.3, -0.25) is 0 Å². The molecular weight excluding hydrogens is 222 g/mol. The van der Waals surface area contributed by atoms with Crippen molar-refractivity contribution < 1.29 is 5.11 Å². The van der Waals surface area contributed by atoms with Gasteiger partial charge in [0.1, 0.15) is 0 Å². The lowest BCUT2D eigenvalue weighted by Gasteiger charge is -2.22. The lowest BCUT2D eigenvalue weighted by atomic mass is 9.90. The van der Waals surface area contributed by atoms with Crippen molar-refractivity contribution in [1.29, 1.82) is 0 Å². The molecule has 2 rings (SSSR count). The second-order valence-electron chi connectivity index (χ2n) is 6.20. The summed E-state index contributed by atoms with van der Waals surface area (Å²) < 4.78 is 0. The molecule has 1 aromatic carbocycles. The summed E-state index contributed by atoms with van der Waals surface area (Å²) >= 11 is 0. The topological polar surface area (TPSA) is 32.3 Å². The fourth-order valence-corrected chi connectivity index (χ4v) is 2.71. The van der Waals surface area contributed by atoms with Crippen molar-refractivity contribution >= 4 is 0 Å². The van der Waals surface area contributed by atoms with Gasteiger partial charge in [-0.2, -0.15) is 0 Å². The summed E-state index contributed by atoms with van der Waals surface area (Å²) in [4.78, 5) is 0. The third-order valence-electron chi connectivity index (χ3n) is 3.64. The highest BCUT2D eigenvalue weighted by molar-refractivity contribution is 5.24. The third-order valence-corrected chi connectivity index (χ3v) is 3.64. The summed E-state index contributed by atoms with van der Waals surface area (Å²) in [5.74, 6) is 0.839. The highest BCUT2D eigenvalue weighted by Crippen LogP contribution is 2.19. The number of piperidine rings is 1. The van der Waals surface area contributed by atoms with E-state index in [1.165, 1.54) is 43.5 Å². The fraction of sp³-hybridized carbons (Fsp3) is 0.625. The first-order valence-electron chi connectivity index (χ1n) is 7.04. The zero-order valence-electron chi connectivity index (χ0n) is 11.6. The second-order valence-corrected chi connectivity index (χ2v) is 6.20. The average Bonchev–Trinajstić information content (AvgIpc) is 2.31. The number of nitrogens with one attached hydrogen (secondary N) is 1. The van der Waals surface area contributed by atoms with Crippen LogP contribution in [0.1, 0.15) is 37.8 Å². The van der Waals surface area contributed by atoms with Gasteiger partial charge in [0.15, 0.2) is 0 Å². The van der Waals surface area contributed by atoms with Crippen LogP contribution in [0, 0.1) is 5.92 Å². The Labute approximate surface area is 110 Å². The number of aliphatic hydroxyl groups is 1. The van der Waals surface area contributed by atoms with Crippen LogP contribution in [0.2, 0.25) is 0 Å². The SMILES string of the molecule is CC(C)(O)Cc1ccc(CC2CCNCC2)cc1. The van der Waals surface area contributed by atoms with Crippen molar-refractivity contribution in [3.8, 4) is 0 Å². The van der Waals surface area contributed by atoms with Gasteiger partial charge in [-0.15, -0.1) is 0 Å². The summed E-state index contributed by atoms with van der Waals surface area (Å²) in [6.07, 6.45) is 4.52. The molecule has 1 saturated heterocycles. The van der Waals surface area contributed by atoms with Gasteiger partial charge >= 0.3 is 0 Å². The van der Waals surface area contributed by atoms with Crippen molar-refractivity contribution in [3.63, 3.8) is 0 Å². The minimum absolute atomic E-state index is 0.615. The summed E-state index contributed by atoms with van der Waals surface area (Å²) in [7, 11) is 0. The minimum atomic E-state index is -0.615. The van der Waals surface area contributed by atoms with E-state index in [1.807, 2.05) is 13.8 Å². The quantitative estimate of drug-likeness (QED) is 0.857. The smallest absolute Gasteiger partial charge is 0.0631 e. The Bertz CT molecular complexity index is 358. The molecule has 0 saturated carbocycles. The van der Waals surface area contributed by atoms with E-state index < -0.39 is 5.60 Å². The minimum Gasteiger partial charge on any atom is -0.390 e. The van der Waals surface area contributed by atoms with Gasteiger partial charge in [0.2, 0.25) is 0 Å². The molecule has 0 radical (unpaired) electrons. The van der Waals surface area contributed by atoms with Gasteiger partial charge in [0.25, 0.3) is 0 Å². The van der Waals surface area contributed by atoms with Gasteiger partial charge in [0, 0.05) is 6.42 Å². The van der Waals surface area contributed by atoms with Gasteiger partial charge in [-0.25, -0.2) is 0 Å². The largest absolute Gasteiger partial charge is 0.390 e. The van der Waals surface area contributed by atoms with E-state index in [9.17, 15) is 5.11 Å². The molecule has 0 amide bonds. The average molecular weight is 247 g/mol. The molecule has 0 spiro atoms. The van der Waals surface area contributed by atoms with Crippen molar-refractivity contribution in [1.82, 2.24) is 5.32 Å². The van der Waals surface area contributed by atoms with Gasteiger partial charge in [-0.05, 0) is 63.2 Å². The first kappa shape index (κ1) is 13.6. The molecule has 0 unspecified atom stereocenters. The van der Waals surface area contributed by atoms with Gasteiger partial charge in [-0.1, -0.05) is 24.3 Å². The summed E-state index contributed by atoms with van der Waals surface area (Å²) in [5.41, 5.74) is 2.04. The van der Waals surface area contributed by atoms with Crippen LogP contribution in [-0.2, 0) is 12.8 Å². The zero-order chi connectivity index (χ0) is 13.0. The molecule has 18 heavy (non-hydrogen) atoms. The highest BCUT2D eigenvalue weighted by Gasteiger charge is 2.15. The maximum absolute atomic E-state index is 9.79. The van der Waals surface area contributed by atoms with Gasteiger partial charge in [0.05, 0.1) is 5.60 Å². The predicted molar refractivity (Wildman–Crippen MR) is 75.7 cm³/mol. The van der Waals surface area contributed by atoms with Crippen LogP contribution in [-0.4, -0.2) is 23.8 Å². The van der Waals surface area contributed by atoms with Crippen LogP contribution >= 0.6 is 0 Å². The Morgan fingerprint density at radius 1 is 1.11 bits per heavy atom. The number of hydrogen-bond donors (Lipinski definition) is 2. The normalized spacial score (nSPS) is 17.9. The van der Waals surface area contributed by atoms with E-state index in [0.717, 1.165) is 12.3 Å². The van der Waals surface area contributed by atoms with E-state index in [1.54, 1.807) is 0 Å². The molecule has 1 aliphatic heterocycles. The molecule has 2 N–H and O–H groups in total. The fourth-order valence-electron chi connectivity index (χ4n) is 2.71.